The highest BCUT2D eigenvalue weighted by molar-refractivity contribution is 5.92. The molecule has 0 bridgehead atoms. The number of carbonyl (C=O) groups excluding carboxylic acids is 2. The van der Waals surface area contributed by atoms with Crippen molar-refractivity contribution in [3.05, 3.63) is 18.0 Å². The molecule has 4 fully saturated rings. The van der Waals surface area contributed by atoms with E-state index in [0.29, 0.717) is 19.0 Å². The van der Waals surface area contributed by atoms with Gasteiger partial charge in [0.25, 0.3) is 0 Å². The molecule has 3 aliphatic heterocycles. The molecular formula is C25H40N6O2. The van der Waals surface area contributed by atoms with Crippen molar-refractivity contribution in [2.75, 3.05) is 33.2 Å². The fourth-order valence-corrected chi connectivity index (χ4v) is 6.58. The lowest BCUT2D eigenvalue weighted by Crippen LogP contribution is -2.56. The Balaban J connectivity index is 1.17. The van der Waals surface area contributed by atoms with Crippen molar-refractivity contribution >= 4 is 11.8 Å². The summed E-state index contributed by atoms with van der Waals surface area (Å²) in [5, 5.41) is 7.84. The normalized spacial score (nSPS) is 28.9. The van der Waals surface area contributed by atoms with Crippen molar-refractivity contribution in [3.8, 4) is 0 Å². The number of fused-ring (bicyclic) bond motifs is 1. The Morgan fingerprint density at radius 1 is 1.18 bits per heavy atom. The summed E-state index contributed by atoms with van der Waals surface area (Å²) in [6.07, 6.45) is 11.5. The molecule has 1 aromatic heterocycles. The predicted molar refractivity (Wildman–Crippen MR) is 126 cm³/mol. The maximum atomic E-state index is 13.3. The van der Waals surface area contributed by atoms with E-state index in [4.69, 9.17) is 0 Å². The first-order valence-corrected chi connectivity index (χ1v) is 12.9. The van der Waals surface area contributed by atoms with Crippen LogP contribution in [0.4, 0.5) is 0 Å². The van der Waals surface area contributed by atoms with Crippen LogP contribution in [0.25, 0.3) is 0 Å². The standard InChI is InChI=1S/C25H40N6O2/c1-28(16-19-6-4-3-5-7-19)21-14-22-24(33)26-25(15-23(32)31(22)18-21)9-12-30(13-10-25)17-20-8-11-29(2)27-20/h8,11,19,21-22H,3-7,9-10,12-18H2,1-2H3,(H,26,33)/t21-,22-/m0/s1. The highest BCUT2D eigenvalue weighted by Gasteiger charge is 2.49. The van der Waals surface area contributed by atoms with E-state index in [9.17, 15) is 9.59 Å². The summed E-state index contributed by atoms with van der Waals surface area (Å²) in [6, 6.07) is 2.04. The molecule has 0 radical (unpaired) electrons. The van der Waals surface area contributed by atoms with Gasteiger partial charge in [0.2, 0.25) is 11.8 Å². The first-order chi connectivity index (χ1) is 15.9. The summed E-state index contributed by atoms with van der Waals surface area (Å²) >= 11 is 0. The largest absolute Gasteiger partial charge is 0.348 e. The Bertz CT molecular complexity index is 827. The molecular weight excluding hydrogens is 416 g/mol. The lowest BCUT2D eigenvalue weighted by molar-refractivity contribution is -0.135. The van der Waals surface area contributed by atoms with Crippen LogP contribution >= 0.6 is 0 Å². The second-order valence-electron chi connectivity index (χ2n) is 11.1. The molecule has 1 saturated carbocycles. The molecule has 1 aromatic rings. The fraction of sp³-hybridized carbons (Fsp3) is 0.800. The van der Waals surface area contributed by atoms with Crippen LogP contribution in [0.15, 0.2) is 12.3 Å². The minimum atomic E-state index is -0.386. The number of aromatic nitrogens is 2. The van der Waals surface area contributed by atoms with Gasteiger partial charge in [0, 0.05) is 52.0 Å². The molecule has 1 aliphatic carbocycles. The number of nitrogens with one attached hydrogen (secondary N) is 1. The number of hydrogen-bond donors (Lipinski definition) is 1. The number of likely N-dealkylation sites (tertiary alicyclic amines) is 1. The van der Waals surface area contributed by atoms with Crippen LogP contribution in [0, 0.1) is 5.92 Å². The first kappa shape index (κ1) is 22.8. The zero-order chi connectivity index (χ0) is 23.0. The molecule has 2 amide bonds. The Hall–Kier alpha value is -1.93. The van der Waals surface area contributed by atoms with E-state index in [2.05, 4.69) is 33.3 Å². The molecule has 4 heterocycles. The van der Waals surface area contributed by atoms with Crippen molar-refractivity contribution in [2.45, 2.75) is 82.0 Å². The Morgan fingerprint density at radius 3 is 2.64 bits per heavy atom. The number of nitrogens with zero attached hydrogens (tertiary/aromatic N) is 5. The van der Waals surface area contributed by atoms with Crippen LogP contribution in [-0.4, -0.2) is 87.1 Å². The fourth-order valence-electron chi connectivity index (χ4n) is 6.58. The molecule has 5 rings (SSSR count). The Kier molecular flexibility index (Phi) is 6.49. The molecule has 3 saturated heterocycles. The molecule has 0 unspecified atom stereocenters. The van der Waals surface area contributed by atoms with Gasteiger partial charge in [0.05, 0.1) is 17.7 Å². The number of amides is 2. The van der Waals surface area contributed by atoms with Crippen LogP contribution in [0.3, 0.4) is 0 Å². The predicted octanol–water partition coefficient (Wildman–Crippen LogP) is 1.76. The summed E-state index contributed by atoms with van der Waals surface area (Å²) in [6.45, 7) is 4.37. The third-order valence-electron chi connectivity index (χ3n) is 8.64. The molecule has 182 valence electrons. The molecule has 4 aliphatic rings. The molecule has 0 aromatic carbocycles. The van der Waals surface area contributed by atoms with Crippen LogP contribution in [0.2, 0.25) is 0 Å². The summed E-state index contributed by atoms with van der Waals surface area (Å²) in [5.41, 5.74) is 0.682. The molecule has 2 atom stereocenters. The van der Waals surface area contributed by atoms with Gasteiger partial charge in [-0.05, 0) is 51.1 Å². The van der Waals surface area contributed by atoms with Gasteiger partial charge in [0.15, 0.2) is 0 Å². The van der Waals surface area contributed by atoms with Crippen molar-refractivity contribution < 1.29 is 9.59 Å². The van der Waals surface area contributed by atoms with Crippen LogP contribution in [0.5, 0.6) is 0 Å². The van der Waals surface area contributed by atoms with Gasteiger partial charge in [0.1, 0.15) is 6.04 Å². The molecule has 33 heavy (non-hydrogen) atoms. The van der Waals surface area contributed by atoms with Gasteiger partial charge in [-0.3, -0.25) is 19.2 Å². The van der Waals surface area contributed by atoms with Crippen LogP contribution in [0.1, 0.15) is 63.5 Å². The minimum Gasteiger partial charge on any atom is -0.348 e. The summed E-state index contributed by atoms with van der Waals surface area (Å²) in [7, 11) is 4.12. The maximum Gasteiger partial charge on any atom is 0.243 e. The quantitative estimate of drug-likeness (QED) is 0.731. The van der Waals surface area contributed by atoms with Gasteiger partial charge in [-0.1, -0.05) is 19.3 Å². The summed E-state index contributed by atoms with van der Waals surface area (Å²) in [5.74, 6) is 0.992. The molecule has 1 N–H and O–H groups in total. The van der Waals surface area contributed by atoms with Crippen LogP contribution in [-0.2, 0) is 23.2 Å². The Morgan fingerprint density at radius 2 is 1.94 bits per heavy atom. The smallest absolute Gasteiger partial charge is 0.243 e. The molecule has 8 nitrogen and oxygen atoms in total. The zero-order valence-electron chi connectivity index (χ0n) is 20.3. The number of aryl methyl sites for hydroxylation is 1. The van der Waals surface area contributed by atoms with E-state index >= 15 is 0 Å². The monoisotopic (exact) mass is 456 g/mol. The van der Waals surface area contributed by atoms with Gasteiger partial charge < -0.3 is 15.1 Å². The van der Waals surface area contributed by atoms with E-state index in [-0.39, 0.29) is 23.4 Å². The van der Waals surface area contributed by atoms with Gasteiger partial charge in [-0.2, -0.15) is 5.10 Å². The van der Waals surface area contributed by atoms with Crippen molar-refractivity contribution in [1.82, 2.24) is 29.8 Å². The summed E-state index contributed by atoms with van der Waals surface area (Å²) in [4.78, 5) is 33.3. The van der Waals surface area contributed by atoms with Crippen molar-refractivity contribution in [3.63, 3.8) is 0 Å². The Labute approximate surface area is 197 Å². The highest BCUT2D eigenvalue weighted by atomic mass is 16.2. The first-order valence-electron chi connectivity index (χ1n) is 12.9. The second kappa shape index (κ2) is 9.37. The van der Waals surface area contributed by atoms with Crippen molar-refractivity contribution in [1.29, 1.82) is 0 Å². The number of likely N-dealkylation sites (N-methyl/N-ethyl adjacent to an activating group) is 1. The van der Waals surface area contributed by atoms with E-state index < -0.39 is 0 Å². The third kappa shape index (κ3) is 4.97. The van der Waals surface area contributed by atoms with E-state index in [1.807, 2.05) is 22.8 Å². The lowest BCUT2D eigenvalue weighted by atomic mass is 9.84. The lowest BCUT2D eigenvalue weighted by Gasteiger charge is -2.41. The van der Waals surface area contributed by atoms with Gasteiger partial charge in [-0.15, -0.1) is 0 Å². The topological polar surface area (TPSA) is 73.7 Å². The van der Waals surface area contributed by atoms with E-state index in [1.165, 1.54) is 32.1 Å². The second-order valence-corrected chi connectivity index (χ2v) is 11.1. The number of rotatable bonds is 5. The average molecular weight is 457 g/mol. The number of piperidine rings is 1. The summed E-state index contributed by atoms with van der Waals surface area (Å²) < 4.78 is 1.83. The van der Waals surface area contributed by atoms with E-state index in [1.54, 1.807) is 0 Å². The molecule has 8 heteroatoms. The maximum absolute atomic E-state index is 13.3. The number of hydrogen-bond acceptors (Lipinski definition) is 5. The van der Waals surface area contributed by atoms with Gasteiger partial charge >= 0.3 is 0 Å². The molecule has 1 spiro atoms. The minimum absolute atomic E-state index is 0.0626. The van der Waals surface area contributed by atoms with Crippen molar-refractivity contribution in [2.24, 2.45) is 13.0 Å². The average Bonchev–Trinajstić information content (AvgIpc) is 3.41. The number of carbonyl (C=O) groups is 2. The third-order valence-corrected chi connectivity index (χ3v) is 8.64. The highest BCUT2D eigenvalue weighted by Crippen LogP contribution is 2.34. The zero-order valence-corrected chi connectivity index (χ0v) is 20.3. The SMILES string of the molecule is CN(CC1CCCCC1)[C@H]1C[C@H]2C(=O)NC3(CCN(Cc4ccn(C)n4)CC3)CC(=O)N2C1. The van der Waals surface area contributed by atoms with Crippen LogP contribution < -0.4 is 5.32 Å². The van der Waals surface area contributed by atoms with E-state index in [0.717, 1.165) is 57.1 Å². The van der Waals surface area contributed by atoms with Gasteiger partial charge in [-0.25, -0.2) is 0 Å².